The van der Waals surface area contributed by atoms with Gasteiger partial charge in [-0.15, -0.1) is 0 Å². The molecule has 0 aromatic carbocycles. The van der Waals surface area contributed by atoms with E-state index in [1.807, 2.05) is 6.92 Å². The van der Waals surface area contributed by atoms with Crippen LogP contribution < -0.4 is 10.6 Å². The third-order valence-corrected chi connectivity index (χ3v) is 2.60. The number of carboxylic acid groups (broad SMARTS) is 1. The molecule has 0 fully saturated rings. The van der Waals surface area contributed by atoms with Crippen molar-refractivity contribution in [3.05, 3.63) is 30.1 Å². The van der Waals surface area contributed by atoms with E-state index in [4.69, 9.17) is 5.11 Å². The first-order chi connectivity index (χ1) is 9.11. The van der Waals surface area contributed by atoms with Gasteiger partial charge in [-0.3, -0.25) is 9.78 Å². The molecule has 1 heterocycles. The van der Waals surface area contributed by atoms with Crippen molar-refractivity contribution in [1.82, 2.24) is 15.6 Å². The summed E-state index contributed by atoms with van der Waals surface area (Å²) in [4.78, 5) is 26.2. The average Bonchev–Trinajstić information content (AvgIpc) is 2.37. The molecule has 1 aromatic heterocycles. The summed E-state index contributed by atoms with van der Waals surface area (Å²) in [5.41, 5.74) is 0.940. The number of amides is 2. The van der Waals surface area contributed by atoms with Gasteiger partial charge in [-0.2, -0.15) is 0 Å². The lowest BCUT2D eigenvalue weighted by molar-refractivity contribution is -0.137. The first-order valence-corrected chi connectivity index (χ1v) is 6.27. The van der Waals surface area contributed by atoms with Crippen molar-refractivity contribution in [2.45, 2.75) is 38.8 Å². The van der Waals surface area contributed by atoms with Crippen LogP contribution in [0.4, 0.5) is 4.79 Å². The van der Waals surface area contributed by atoms with Gasteiger partial charge < -0.3 is 15.7 Å². The van der Waals surface area contributed by atoms with Gasteiger partial charge >= 0.3 is 12.0 Å². The van der Waals surface area contributed by atoms with Crippen LogP contribution in [-0.4, -0.2) is 28.1 Å². The maximum atomic E-state index is 11.7. The zero-order valence-corrected chi connectivity index (χ0v) is 10.9. The van der Waals surface area contributed by atoms with Gasteiger partial charge in [-0.1, -0.05) is 13.3 Å². The highest BCUT2D eigenvalue weighted by molar-refractivity contribution is 5.75. The van der Waals surface area contributed by atoms with E-state index in [2.05, 4.69) is 15.6 Å². The fourth-order valence-electron chi connectivity index (χ4n) is 1.70. The predicted molar refractivity (Wildman–Crippen MR) is 70.6 cm³/mol. The van der Waals surface area contributed by atoms with Crippen molar-refractivity contribution in [3.8, 4) is 0 Å². The van der Waals surface area contributed by atoms with E-state index in [1.54, 1.807) is 24.5 Å². The lowest BCUT2D eigenvalue weighted by atomic mass is 10.1. The fourth-order valence-corrected chi connectivity index (χ4v) is 1.70. The number of carbonyl (C=O) groups is 2. The molecule has 2 amide bonds. The normalized spacial score (nSPS) is 11.6. The van der Waals surface area contributed by atoms with E-state index in [0.29, 0.717) is 13.0 Å². The molecule has 0 aliphatic rings. The molecular weight excluding hydrogens is 246 g/mol. The van der Waals surface area contributed by atoms with Crippen molar-refractivity contribution in [3.63, 3.8) is 0 Å². The molecule has 3 N–H and O–H groups in total. The molecule has 0 radical (unpaired) electrons. The van der Waals surface area contributed by atoms with Crippen molar-refractivity contribution < 1.29 is 14.7 Å². The molecule has 19 heavy (non-hydrogen) atoms. The summed E-state index contributed by atoms with van der Waals surface area (Å²) in [6.45, 7) is 2.34. The highest BCUT2D eigenvalue weighted by Gasteiger charge is 2.14. The molecule has 1 aromatic rings. The minimum absolute atomic E-state index is 0.0590. The number of hydrogen-bond donors (Lipinski definition) is 3. The lowest BCUT2D eigenvalue weighted by Crippen LogP contribution is -2.42. The van der Waals surface area contributed by atoms with Gasteiger partial charge in [0.1, 0.15) is 0 Å². The average molecular weight is 265 g/mol. The maximum Gasteiger partial charge on any atom is 0.315 e. The monoisotopic (exact) mass is 265 g/mol. The summed E-state index contributed by atoms with van der Waals surface area (Å²) in [6, 6.07) is 2.93. The molecule has 1 rings (SSSR count). The zero-order valence-electron chi connectivity index (χ0n) is 10.9. The molecule has 1 atom stereocenters. The number of nitrogens with one attached hydrogen (secondary N) is 2. The molecule has 1 unspecified atom stereocenters. The van der Waals surface area contributed by atoms with Crippen molar-refractivity contribution in [1.29, 1.82) is 0 Å². The topological polar surface area (TPSA) is 91.3 Å². The summed E-state index contributed by atoms with van der Waals surface area (Å²) in [6.07, 6.45) is 4.71. The number of carboxylic acids is 1. The highest BCUT2D eigenvalue weighted by Crippen LogP contribution is 2.02. The minimum atomic E-state index is -0.909. The van der Waals surface area contributed by atoms with Gasteiger partial charge in [0.05, 0.1) is 6.42 Å². The van der Waals surface area contributed by atoms with Crippen molar-refractivity contribution in [2.24, 2.45) is 0 Å². The first kappa shape index (κ1) is 14.9. The largest absolute Gasteiger partial charge is 0.481 e. The van der Waals surface area contributed by atoms with E-state index >= 15 is 0 Å². The lowest BCUT2D eigenvalue weighted by Gasteiger charge is -2.16. The Bertz CT molecular complexity index is 409. The number of carbonyl (C=O) groups excluding carboxylic acids is 1. The highest BCUT2D eigenvalue weighted by atomic mass is 16.4. The number of urea groups is 1. The van der Waals surface area contributed by atoms with E-state index in [9.17, 15) is 9.59 Å². The molecule has 0 saturated heterocycles. The Kier molecular flexibility index (Phi) is 6.35. The molecule has 0 bridgehead atoms. The molecule has 0 aliphatic carbocycles. The van der Waals surface area contributed by atoms with Crippen LogP contribution in [0, 0.1) is 0 Å². The molecule has 104 valence electrons. The number of pyridine rings is 1. The van der Waals surface area contributed by atoms with Crippen LogP contribution in [-0.2, 0) is 11.3 Å². The van der Waals surface area contributed by atoms with Gasteiger partial charge in [0.2, 0.25) is 0 Å². The Morgan fingerprint density at radius 2 is 2.05 bits per heavy atom. The molecule has 6 nitrogen and oxygen atoms in total. The summed E-state index contributed by atoms with van der Waals surface area (Å²) in [5, 5.41) is 14.1. The van der Waals surface area contributed by atoms with E-state index in [0.717, 1.165) is 12.0 Å². The third-order valence-electron chi connectivity index (χ3n) is 2.60. The third kappa shape index (κ3) is 6.40. The van der Waals surface area contributed by atoms with Crippen LogP contribution in [0.25, 0.3) is 0 Å². The number of hydrogen-bond acceptors (Lipinski definition) is 3. The van der Waals surface area contributed by atoms with Crippen LogP contribution in [0.2, 0.25) is 0 Å². The summed E-state index contributed by atoms with van der Waals surface area (Å²) < 4.78 is 0. The molecule has 0 saturated carbocycles. The van der Waals surface area contributed by atoms with Crippen LogP contribution in [0.1, 0.15) is 31.7 Å². The van der Waals surface area contributed by atoms with Gasteiger partial charge in [0.15, 0.2) is 0 Å². The number of aliphatic carboxylic acids is 1. The standard InChI is InChI=1S/C13H19N3O3/c1-2-3-11(8-12(17)18)16-13(19)15-9-10-4-6-14-7-5-10/h4-7,11H,2-3,8-9H2,1H3,(H,17,18)(H2,15,16,19). The van der Waals surface area contributed by atoms with E-state index in [-0.39, 0.29) is 18.5 Å². The molecule has 6 heteroatoms. The van der Waals surface area contributed by atoms with Crippen LogP contribution >= 0.6 is 0 Å². The Morgan fingerprint density at radius 3 is 2.63 bits per heavy atom. The fraction of sp³-hybridized carbons (Fsp3) is 0.462. The Balaban J connectivity index is 2.37. The first-order valence-electron chi connectivity index (χ1n) is 6.27. The Morgan fingerprint density at radius 1 is 1.37 bits per heavy atom. The summed E-state index contributed by atoms with van der Waals surface area (Å²) >= 11 is 0. The van der Waals surface area contributed by atoms with Crippen LogP contribution in [0.15, 0.2) is 24.5 Å². The number of nitrogens with zero attached hydrogens (tertiary/aromatic N) is 1. The van der Waals surface area contributed by atoms with Crippen molar-refractivity contribution in [2.75, 3.05) is 0 Å². The van der Waals surface area contributed by atoms with Gasteiger partial charge in [-0.25, -0.2) is 4.79 Å². The van der Waals surface area contributed by atoms with Crippen LogP contribution in [0.3, 0.4) is 0 Å². The molecular formula is C13H19N3O3. The summed E-state index contributed by atoms with van der Waals surface area (Å²) in [5.74, 6) is -0.909. The van der Waals surface area contributed by atoms with E-state index in [1.165, 1.54) is 0 Å². The smallest absolute Gasteiger partial charge is 0.315 e. The Labute approximate surface area is 112 Å². The predicted octanol–water partition coefficient (Wildman–Crippen LogP) is 1.52. The molecule has 0 spiro atoms. The second kappa shape index (κ2) is 8.07. The zero-order chi connectivity index (χ0) is 14.1. The van der Waals surface area contributed by atoms with Gasteiger partial charge in [0, 0.05) is 25.0 Å². The minimum Gasteiger partial charge on any atom is -0.481 e. The molecule has 0 aliphatic heterocycles. The SMILES string of the molecule is CCCC(CC(=O)O)NC(=O)NCc1ccncc1. The quantitative estimate of drug-likeness (QED) is 0.697. The van der Waals surface area contributed by atoms with E-state index < -0.39 is 5.97 Å². The Hall–Kier alpha value is -2.11. The second-order valence-electron chi connectivity index (χ2n) is 4.27. The van der Waals surface area contributed by atoms with Gasteiger partial charge in [0.25, 0.3) is 0 Å². The number of aromatic nitrogens is 1. The summed E-state index contributed by atoms with van der Waals surface area (Å²) in [7, 11) is 0. The second-order valence-corrected chi connectivity index (χ2v) is 4.27. The number of rotatable bonds is 7. The van der Waals surface area contributed by atoms with Gasteiger partial charge in [-0.05, 0) is 24.1 Å². The maximum absolute atomic E-state index is 11.7. The van der Waals surface area contributed by atoms with Crippen molar-refractivity contribution >= 4 is 12.0 Å². The van der Waals surface area contributed by atoms with Crippen LogP contribution in [0.5, 0.6) is 0 Å².